The molecule has 0 saturated heterocycles. The monoisotopic (exact) mass is 391 g/mol. The Morgan fingerprint density at radius 3 is 2.82 bits per heavy atom. The van der Waals surface area contributed by atoms with Gasteiger partial charge in [-0.25, -0.2) is 4.98 Å². The number of ether oxygens (including phenoxy) is 1. The van der Waals surface area contributed by atoms with Crippen LogP contribution in [0.5, 0.6) is 5.75 Å². The maximum Gasteiger partial charge on any atom is 0.265 e. The summed E-state index contributed by atoms with van der Waals surface area (Å²) in [5.41, 5.74) is 4.88. The summed E-state index contributed by atoms with van der Waals surface area (Å²) in [4.78, 5) is 18.1. The molecule has 4 aromatic rings. The minimum atomic E-state index is -0.608. The number of hydrogen-bond acceptors (Lipinski definition) is 4. The fraction of sp³-hybridized carbons (Fsp3) is 0.182. The molecule has 1 N–H and O–H groups in total. The molecule has 2 aromatic carbocycles. The van der Waals surface area contributed by atoms with E-state index >= 15 is 0 Å². The predicted octanol–water partition coefficient (Wildman–Crippen LogP) is 5.09. The van der Waals surface area contributed by atoms with Crippen molar-refractivity contribution in [3.05, 3.63) is 71.4 Å². The Balaban J connectivity index is 1.46. The molecular weight excluding hydrogens is 370 g/mol. The topological polar surface area (TPSA) is 55.6 Å². The summed E-state index contributed by atoms with van der Waals surface area (Å²) in [7, 11) is 0. The third kappa shape index (κ3) is 3.77. The Bertz CT molecular complexity index is 1120. The minimum absolute atomic E-state index is 0.193. The highest BCUT2D eigenvalue weighted by Gasteiger charge is 2.16. The van der Waals surface area contributed by atoms with Crippen LogP contribution in [0.2, 0.25) is 0 Å². The summed E-state index contributed by atoms with van der Waals surface area (Å²) in [5.74, 6) is 0.499. The van der Waals surface area contributed by atoms with Crippen LogP contribution in [-0.2, 0) is 4.79 Å². The summed E-state index contributed by atoms with van der Waals surface area (Å²) >= 11 is 1.59. The molecule has 0 aliphatic heterocycles. The van der Waals surface area contributed by atoms with Gasteiger partial charge >= 0.3 is 0 Å². The van der Waals surface area contributed by atoms with Crippen LogP contribution < -0.4 is 10.1 Å². The van der Waals surface area contributed by atoms with E-state index in [-0.39, 0.29) is 5.91 Å². The molecule has 1 atom stereocenters. The lowest BCUT2D eigenvalue weighted by Crippen LogP contribution is -2.30. The van der Waals surface area contributed by atoms with E-state index < -0.39 is 6.10 Å². The third-order valence-corrected chi connectivity index (χ3v) is 5.45. The van der Waals surface area contributed by atoms with Gasteiger partial charge in [0, 0.05) is 29.0 Å². The average molecular weight is 391 g/mol. The lowest BCUT2D eigenvalue weighted by Gasteiger charge is -2.16. The van der Waals surface area contributed by atoms with Gasteiger partial charge in [0.2, 0.25) is 0 Å². The van der Waals surface area contributed by atoms with Crippen LogP contribution in [-0.4, -0.2) is 21.4 Å². The molecule has 5 nitrogen and oxygen atoms in total. The van der Waals surface area contributed by atoms with Crippen molar-refractivity contribution in [2.75, 3.05) is 5.32 Å². The van der Waals surface area contributed by atoms with E-state index in [9.17, 15) is 4.79 Å². The summed E-state index contributed by atoms with van der Waals surface area (Å²) in [6.07, 6.45) is 3.36. The zero-order valence-electron chi connectivity index (χ0n) is 16.0. The van der Waals surface area contributed by atoms with Crippen LogP contribution in [0.3, 0.4) is 0 Å². The molecular formula is C22H21N3O2S. The second kappa shape index (κ2) is 7.48. The Labute approximate surface area is 167 Å². The second-order valence-electron chi connectivity index (χ2n) is 6.80. The van der Waals surface area contributed by atoms with E-state index in [1.165, 1.54) is 5.56 Å². The van der Waals surface area contributed by atoms with E-state index in [4.69, 9.17) is 4.74 Å². The molecule has 0 aliphatic carbocycles. The molecule has 0 aliphatic rings. The van der Waals surface area contributed by atoms with Crippen molar-refractivity contribution in [1.82, 2.24) is 9.38 Å². The van der Waals surface area contributed by atoms with Crippen LogP contribution in [0.1, 0.15) is 18.1 Å². The summed E-state index contributed by atoms with van der Waals surface area (Å²) in [6, 6.07) is 13.5. The molecule has 0 saturated carbocycles. The van der Waals surface area contributed by atoms with Crippen molar-refractivity contribution in [3.8, 4) is 17.0 Å². The molecule has 1 amide bonds. The fourth-order valence-electron chi connectivity index (χ4n) is 2.91. The molecule has 0 spiro atoms. The lowest BCUT2D eigenvalue weighted by molar-refractivity contribution is -0.122. The molecule has 142 valence electrons. The largest absolute Gasteiger partial charge is 0.481 e. The summed E-state index contributed by atoms with van der Waals surface area (Å²) < 4.78 is 7.79. The molecule has 1 unspecified atom stereocenters. The van der Waals surface area contributed by atoms with Gasteiger partial charge in [0.25, 0.3) is 5.91 Å². The van der Waals surface area contributed by atoms with Gasteiger partial charge in [0.1, 0.15) is 5.75 Å². The molecule has 2 heterocycles. The number of aromatic nitrogens is 2. The Hall–Kier alpha value is -3.12. The molecule has 6 heteroatoms. The normalized spacial score (nSPS) is 12.1. The Morgan fingerprint density at radius 1 is 1.18 bits per heavy atom. The molecule has 0 fully saturated rings. The number of carbonyl (C=O) groups is 1. The number of nitrogens with one attached hydrogen (secondary N) is 1. The Kier molecular flexibility index (Phi) is 4.88. The van der Waals surface area contributed by atoms with Crippen molar-refractivity contribution in [3.63, 3.8) is 0 Å². The van der Waals surface area contributed by atoms with Crippen LogP contribution in [0.15, 0.2) is 60.2 Å². The number of benzene rings is 2. The standard InChI is InChI=1S/C22H21N3O2S/c1-14-7-8-19(11-15(14)2)27-16(3)21(26)23-18-6-4-5-17(12-18)20-13-25-9-10-28-22(25)24-20/h4-13,16H,1-3H3,(H,23,26). The first-order valence-corrected chi connectivity index (χ1v) is 9.95. The SMILES string of the molecule is Cc1ccc(OC(C)C(=O)Nc2cccc(-c3cn4ccsc4n3)c2)cc1C. The van der Waals surface area contributed by atoms with Crippen molar-refractivity contribution in [1.29, 1.82) is 0 Å². The Morgan fingerprint density at radius 2 is 2.04 bits per heavy atom. The van der Waals surface area contributed by atoms with E-state index in [1.807, 2.05) is 78.5 Å². The second-order valence-corrected chi connectivity index (χ2v) is 7.67. The van der Waals surface area contributed by atoms with E-state index in [2.05, 4.69) is 10.3 Å². The number of anilines is 1. The average Bonchev–Trinajstić information content (AvgIpc) is 3.27. The van der Waals surface area contributed by atoms with Gasteiger partial charge in [-0.1, -0.05) is 18.2 Å². The number of rotatable bonds is 5. The number of amides is 1. The maximum absolute atomic E-state index is 12.6. The van der Waals surface area contributed by atoms with Gasteiger partial charge in [0.05, 0.1) is 5.69 Å². The van der Waals surface area contributed by atoms with Crippen LogP contribution in [0.25, 0.3) is 16.2 Å². The van der Waals surface area contributed by atoms with Crippen LogP contribution in [0, 0.1) is 13.8 Å². The minimum Gasteiger partial charge on any atom is -0.481 e. The number of fused-ring (bicyclic) bond motifs is 1. The van der Waals surface area contributed by atoms with E-state index in [0.717, 1.165) is 27.5 Å². The van der Waals surface area contributed by atoms with Crippen LogP contribution >= 0.6 is 11.3 Å². The zero-order valence-corrected chi connectivity index (χ0v) is 16.8. The van der Waals surface area contributed by atoms with Gasteiger partial charge in [-0.05, 0) is 56.2 Å². The quantitative estimate of drug-likeness (QED) is 0.516. The molecule has 4 rings (SSSR count). The van der Waals surface area contributed by atoms with Crippen molar-refractivity contribution in [2.24, 2.45) is 0 Å². The van der Waals surface area contributed by atoms with Gasteiger partial charge in [0.15, 0.2) is 11.1 Å². The molecule has 28 heavy (non-hydrogen) atoms. The highest BCUT2D eigenvalue weighted by atomic mass is 32.1. The van der Waals surface area contributed by atoms with E-state index in [0.29, 0.717) is 5.75 Å². The number of thiazole rings is 1. The highest BCUT2D eigenvalue weighted by Crippen LogP contribution is 2.24. The van der Waals surface area contributed by atoms with Crippen LogP contribution in [0.4, 0.5) is 5.69 Å². The van der Waals surface area contributed by atoms with Crippen molar-refractivity contribution < 1.29 is 9.53 Å². The third-order valence-electron chi connectivity index (χ3n) is 4.68. The number of carbonyl (C=O) groups excluding carboxylic acids is 1. The molecule has 2 aromatic heterocycles. The first kappa shape index (κ1) is 18.3. The van der Waals surface area contributed by atoms with Crippen molar-refractivity contribution >= 4 is 27.9 Å². The van der Waals surface area contributed by atoms with Gasteiger partial charge < -0.3 is 10.1 Å². The maximum atomic E-state index is 12.6. The number of aryl methyl sites for hydroxylation is 2. The molecule has 0 radical (unpaired) electrons. The fourth-order valence-corrected chi connectivity index (χ4v) is 3.61. The van der Waals surface area contributed by atoms with Gasteiger partial charge in [-0.15, -0.1) is 11.3 Å². The number of hydrogen-bond donors (Lipinski definition) is 1. The highest BCUT2D eigenvalue weighted by molar-refractivity contribution is 7.15. The lowest BCUT2D eigenvalue weighted by atomic mass is 10.1. The van der Waals surface area contributed by atoms with Gasteiger partial charge in [-0.2, -0.15) is 0 Å². The van der Waals surface area contributed by atoms with Gasteiger partial charge in [-0.3, -0.25) is 9.20 Å². The summed E-state index contributed by atoms with van der Waals surface area (Å²) in [6.45, 7) is 5.82. The molecule has 0 bridgehead atoms. The first-order chi connectivity index (χ1) is 13.5. The number of imidazole rings is 1. The van der Waals surface area contributed by atoms with E-state index in [1.54, 1.807) is 18.3 Å². The zero-order chi connectivity index (χ0) is 19.7. The predicted molar refractivity (Wildman–Crippen MR) is 113 cm³/mol. The number of nitrogens with zero attached hydrogens (tertiary/aromatic N) is 2. The summed E-state index contributed by atoms with van der Waals surface area (Å²) in [5, 5.41) is 4.93. The smallest absolute Gasteiger partial charge is 0.265 e. The van der Waals surface area contributed by atoms with Crippen molar-refractivity contribution in [2.45, 2.75) is 26.9 Å². The first-order valence-electron chi connectivity index (χ1n) is 9.07.